The third-order valence-corrected chi connectivity index (χ3v) is 6.00. The van der Waals surface area contributed by atoms with Crippen molar-refractivity contribution in [3.63, 3.8) is 0 Å². The first kappa shape index (κ1) is 21.4. The van der Waals surface area contributed by atoms with Crippen molar-refractivity contribution in [2.24, 2.45) is 0 Å². The molecular formula is C22H21F3N6O2. The summed E-state index contributed by atoms with van der Waals surface area (Å²) in [7, 11) is 2.04. The standard InChI is InChI=1S/C22H21F3N6O2/c1-29-9-7-15(8-10-29)31-17-4-2-3-16(23)18(17)30(22(31)32)12-14-6-5-13(11-26-14)20-27-28-21(33-20)19(24)25/h2-6,11,15,19H,7-10,12H2,1H3. The number of likely N-dealkylation sites (tertiary alicyclic amines) is 1. The number of alkyl halides is 2. The van der Waals surface area contributed by atoms with Gasteiger partial charge in [-0.25, -0.2) is 9.18 Å². The van der Waals surface area contributed by atoms with Gasteiger partial charge in [0.2, 0.25) is 5.89 Å². The van der Waals surface area contributed by atoms with E-state index in [9.17, 15) is 18.0 Å². The molecule has 1 aliphatic heterocycles. The monoisotopic (exact) mass is 458 g/mol. The maximum atomic E-state index is 14.8. The third-order valence-electron chi connectivity index (χ3n) is 6.00. The maximum Gasteiger partial charge on any atom is 0.329 e. The highest BCUT2D eigenvalue weighted by Gasteiger charge is 2.25. The molecule has 4 aromatic rings. The van der Waals surface area contributed by atoms with Crippen molar-refractivity contribution in [2.75, 3.05) is 20.1 Å². The lowest BCUT2D eigenvalue weighted by molar-refractivity contribution is 0.116. The summed E-state index contributed by atoms with van der Waals surface area (Å²) < 4.78 is 48.2. The van der Waals surface area contributed by atoms with Crippen molar-refractivity contribution in [3.05, 3.63) is 64.4 Å². The van der Waals surface area contributed by atoms with E-state index in [0.717, 1.165) is 25.9 Å². The molecule has 0 amide bonds. The van der Waals surface area contributed by atoms with Gasteiger partial charge < -0.3 is 9.32 Å². The van der Waals surface area contributed by atoms with E-state index in [1.165, 1.54) is 16.8 Å². The van der Waals surface area contributed by atoms with Crippen molar-refractivity contribution in [1.29, 1.82) is 0 Å². The Labute approximate surface area is 186 Å². The molecule has 33 heavy (non-hydrogen) atoms. The Morgan fingerprint density at radius 3 is 2.61 bits per heavy atom. The average molecular weight is 458 g/mol. The molecule has 1 saturated heterocycles. The quantitative estimate of drug-likeness (QED) is 0.454. The second-order valence-corrected chi connectivity index (χ2v) is 8.17. The fourth-order valence-electron chi connectivity index (χ4n) is 4.29. The van der Waals surface area contributed by atoms with E-state index >= 15 is 0 Å². The molecule has 1 aromatic carbocycles. The number of nitrogens with zero attached hydrogens (tertiary/aromatic N) is 6. The van der Waals surface area contributed by atoms with Crippen LogP contribution in [-0.4, -0.2) is 49.4 Å². The minimum absolute atomic E-state index is 0.00357. The molecule has 5 rings (SSSR count). The van der Waals surface area contributed by atoms with Crippen LogP contribution in [0, 0.1) is 5.82 Å². The first-order valence-electron chi connectivity index (χ1n) is 10.6. The van der Waals surface area contributed by atoms with Crippen molar-refractivity contribution in [3.8, 4) is 11.5 Å². The molecule has 0 saturated carbocycles. The van der Waals surface area contributed by atoms with E-state index in [2.05, 4.69) is 20.1 Å². The second kappa shape index (κ2) is 8.47. The molecule has 0 spiro atoms. The molecule has 11 heteroatoms. The van der Waals surface area contributed by atoms with Crippen molar-refractivity contribution in [1.82, 2.24) is 29.2 Å². The van der Waals surface area contributed by atoms with Crippen molar-refractivity contribution < 1.29 is 17.6 Å². The van der Waals surface area contributed by atoms with Crippen LogP contribution in [0.4, 0.5) is 13.2 Å². The minimum atomic E-state index is -2.86. The maximum absolute atomic E-state index is 14.8. The van der Waals surface area contributed by atoms with E-state index in [0.29, 0.717) is 16.8 Å². The molecule has 0 aliphatic carbocycles. The van der Waals surface area contributed by atoms with Gasteiger partial charge in [-0.15, -0.1) is 10.2 Å². The van der Waals surface area contributed by atoms with Gasteiger partial charge in [0.05, 0.1) is 23.3 Å². The molecular weight excluding hydrogens is 437 g/mol. The van der Waals surface area contributed by atoms with Gasteiger partial charge in [-0.05, 0) is 57.2 Å². The number of halogens is 3. The number of pyridine rings is 1. The van der Waals surface area contributed by atoms with Crippen LogP contribution < -0.4 is 5.69 Å². The predicted molar refractivity (Wildman–Crippen MR) is 114 cm³/mol. The van der Waals surface area contributed by atoms with Crippen molar-refractivity contribution in [2.45, 2.75) is 31.9 Å². The minimum Gasteiger partial charge on any atom is -0.415 e. The van der Waals surface area contributed by atoms with Gasteiger partial charge in [0.25, 0.3) is 5.89 Å². The van der Waals surface area contributed by atoms with Crippen LogP contribution in [0.1, 0.15) is 36.9 Å². The third kappa shape index (κ3) is 3.92. The van der Waals surface area contributed by atoms with Gasteiger partial charge >= 0.3 is 12.1 Å². The summed E-state index contributed by atoms with van der Waals surface area (Å²) in [6, 6.07) is 7.91. The van der Waals surface area contributed by atoms with Crippen LogP contribution in [0.2, 0.25) is 0 Å². The van der Waals surface area contributed by atoms with Crippen LogP contribution in [0.15, 0.2) is 45.7 Å². The van der Waals surface area contributed by atoms with Crippen LogP contribution in [0.3, 0.4) is 0 Å². The van der Waals surface area contributed by atoms with Crippen LogP contribution in [0.5, 0.6) is 0 Å². The number of hydrogen-bond acceptors (Lipinski definition) is 6. The average Bonchev–Trinajstić information content (AvgIpc) is 3.40. The Morgan fingerprint density at radius 2 is 1.94 bits per heavy atom. The summed E-state index contributed by atoms with van der Waals surface area (Å²) in [6.07, 6.45) is 0.158. The fourth-order valence-corrected chi connectivity index (χ4v) is 4.29. The largest absolute Gasteiger partial charge is 0.415 e. The molecule has 1 fully saturated rings. The number of fused-ring (bicyclic) bond motifs is 1. The molecule has 172 valence electrons. The summed E-state index contributed by atoms with van der Waals surface area (Å²) >= 11 is 0. The number of hydrogen-bond donors (Lipinski definition) is 0. The number of para-hydroxylation sites is 1. The summed E-state index contributed by atoms with van der Waals surface area (Å²) in [5.41, 5.74) is 1.39. The highest BCUT2D eigenvalue weighted by molar-refractivity contribution is 5.77. The lowest BCUT2D eigenvalue weighted by atomic mass is 10.1. The van der Waals surface area contributed by atoms with Gasteiger partial charge in [0.15, 0.2) is 0 Å². The smallest absolute Gasteiger partial charge is 0.329 e. The van der Waals surface area contributed by atoms with E-state index in [-0.39, 0.29) is 29.7 Å². The van der Waals surface area contributed by atoms with Gasteiger partial charge in [-0.1, -0.05) is 6.07 Å². The second-order valence-electron chi connectivity index (χ2n) is 8.17. The van der Waals surface area contributed by atoms with Gasteiger partial charge in [-0.2, -0.15) is 8.78 Å². The fraction of sp³-hybridized carbons (Fsp3) is 0.364. The zero-order chi connectivity index (χ0) is 23.1. The zero-order valence-electron chi connectivity index (χ0n) is 17.8. The molecule has 0 atom stereocenters. The molecule has 0 radical (unpaired) electrons. The first-order chi connectivity index (χ1) is 15.9. The normalized spacial score (nSPS) is 15.7. The van der Waals surface area contributed by atoms with Crippen LogP contribution >= 0.6 is 0 Å². The number of piperidine rings is 1. The summed E-state index contributed by atoms with van der Waals surface area (Å²) in [5.74, 6) is -1.32. The SMILES string of the molecule is CN1CCC(n2c(=O)n(Cc3ccc(-c4nnc(C(F)F)o4)cn3)c3c(F)cccc32)CC1. The molecule has 4 heterocycles. The van der Waals surface area contributed by atoms with Crippen LogP contribution in [-0.2, 0) is 6.54 Å². The molecule has 0 N–H and O–H groups in total. The number of benzene rings is 1. The Balaban J connectivity index is 1.49. The number of rotatable bonds is 5. The molecule has 1 aliphatic rings. The Morgan fingerprint density at radius 1 is 1.15 bits per heavy atom. The van der Waals surface area contributed by atoms with E-state index < -0.39 is 18.1 Å². The van der Waals surface area contributed by atoms with E-state index in [1.807, 2.05) is 7.05 Å². The molecule has 0 bridgehead atoms. The van der Waals surface area contributed by atoms with E-state index in [1.54, 1.807) is 28.8 Å². The molecule has 3 aromatic heterocycles. The highest BCUT2D eigenvalue weighted by atomic mass is 19.3. The van der Waals surface area contributed by atoms with Gasteiger partial charge in [0.1, 0.15) is 11.3 Å². The molecule has 8 nitrogen and oxygen atoms in total. The van der Waals surface area contributed by atoms with Crippen molar-refractivity contribution >= 4 is 11.0 Å². The lowest BCUT2D eigenvalue weighted by Crippen LogP contribution is -2.36. The predicted octanol–water partition coefficient (Wildman–Crippen LogP) is 3.64. The van der Waals surface area contributed by atoms with Crippen LogP contribution in [0.25, 0.3) is 22.5 Å². The Hall–Kier alpha value is -3.47. The summed E-state index contributed by atoms with van der Waals surface area (Å²) in [5, 5.41) is 6.90. The highest BCUT2D eigenvalue weighted by Crippen LogP contribution is 2.27. The summed E-state index contributed by atoms with van der Waals surface area (Å²) in [6.45, 7) is 1.79. The Bertz CT molecular complexity index is 1340. The zero-order valence-corrected chi connectivity index (χ0v) is 17.8. The van der Waals surface area contributed by atoms with Gasteiger partial charge in [-0.3, -0.25) is 14.1 Å². The lowest BCUT2D eigenvalue weighted by Gasteiger charge is -2.29. The molecule has 0 unspecified atom stereocenters. The Kier molecular flexibility index (Phi) is 5.49. The first-order valence-corrected chi connectivity index (χ1v) is 10.6. The van der Waals surface area contributed by atoms with Gasteiger partial charge in [0, 0.05) is 12.2 Å². The topological polar surface area (TPSA) is 82.0 Å². The van der Waals surface area contributed by atoms with E-state index in [4.69, 9.17) is 4.42 Å². The number of aromatic nitrogens is 5. The number of imidazole rings is 1. The summed E-state index contributed by atoms with van der Waals surface area (Å²) in [4.78, 5) is 19.9.